The van der Waals surface area contributed by atoms with Gasteiger partial charge < -0.3 is 29.4 Å². The molecule has 0 amide bonds. The molecule has 0 saturated heterocycles. The molecule has 0 aliphatic rings. The van der Waals surface area contributed by atoms with Crippen molar-refractivity contribution in [2.45, 2.75) is 12.8 Å². The van der Waals surface area contributed by atoms with E-state index in [2.05, 4.69) is 210 Å². The molecule has 0 N–H and O–H groups in total. The Morgan fingerprint density at radius 2 is 0.333 bits per heavy atom. The van der Waals surface area contributed by atoms with Gasteiger partial charge in [-0.1, -0.05) is 181 Å². The normalized spacial score (nSPS) is 12.4. The third-order valence-electron chi connectivity index (χ3n) is 7.33. The Morgan fingerprint density at radius 3 is 0.476 bits per heavy atom. The van der Waals surface area contributed by atoms with Gasteiger partial charge >= 0.3 is 0 Å². The molecular weight excluding hydrogens is 1440 g/mol. The van der Waals surface area contributed by atoms with Crippen molar-refractivity contribution in [1.29, 1.82) is 0 Å². The summed E-state index contributed by atoms with van der Waals surface area (Å²) >= 11 is 20.3. The predicted molar refractivity (Wildman–Crippen MR) is 259 cm³/mol. The summed E-state index contributed by atoms with van der Waals surface area (Å²) in [6.07, 6.45) is 2.62. The highest BCUT2D eigenvalue weighted by atomic mass is 127. The van der Waals surface area contributed by atoms with Crippen molar-refractivity contribution in [1.82, 2.24) is 29.4 Å². The lowest BCUT2D eigenvalue weighted by molar-refractivity contribution is 0.172. The first kappa shape index (κ1) is 47.6. The Kier molecular flexibility index (Phi) is 41.2. The van der Waals surface area contributed by atoms with Crippen LogP contribution in [0.2, 0.25) is 0 Å². The van der Waals surface area contributed by atoms with Crippen LogP contribution in [-0.2, 0) is 0 Å². The largest absolute Gasteiger partial charge is 0.301 e. The Bertz CT molecular complexity index is 451. The summed E-state index contributed by atoms with van der Waals surface area (Å²) in [5.74, 6) is 0. The lowest BCUT2D eigenvalue weighted by Crippen LogP contribution is -2.43. The van der Waals surface area contributed by atoms with E-state index in [1.165, 1.54) is 166 Å². The zero-order chi connectivity index (χ0) is 31.3. The van der Waals surface area contributed by atoms with Crippen LogP contribution in [0.3, 0.4) is 0 Å². The van der Waals surface area contributed by atoms with Gasteiger partial charge in [-0.05, 0) is 25.9 Å². The van der Waals surface area contributed by atoms with E-state index in [0.29, 0.717) is 0 Å². The van der Waals surface area contributed by atoms with Crippen molar-refractivity contribution in [3.05, 3.63) is 0 Å². The molecule has 0 saturated carbocycles. The minimum absolute atomic E-state index is 1.21. The molecule has 0 fully saturated rings. The van der Waals surface area contributed by atoms with Gasteiger partial charge in [0.25, 0.3) is 0 Å². The molecule has 6 nitrogen and oxygen atoms in total. The molecular formula is C28H56I8N6. The number of alkyl halides is 8. The van der Waals surface area contributed by atoms with E-state index in [-0.39, 0.29) is 0 Å². The number of halogens is 8. The molecule has 0 aliphatic heterocycles. The van der Waals surface area contributed by atoms with Crippen LogP contribution >= 0.6 is 181 Å². The first-order valence-electron chi connectivity index (χ1n) is 15.3. The molecule has 0 aromatic rings. The zero-order valence-corrected chi connectivity index (χ0v) is 42.8. The maximum atomic E-state index is 2.79. The van der Waals surface area contributed by atoms with E-state index in [4.69, 9.17) is 0 Å². The standard InChI is InChI=1S/C28H56I8N6/c29-3-13-39(14-4-30)25-21-37(22-26-40(15-5-31)16-6-32)11-1-2-12-38(23-27-41(17-7-33)18-8-34)24-28-42(19-9-35)20-10-36/h1-28H2. The number of hydrogen-bond donors (Lipinski definition) is 0. The topological polar surface area (TPSA) is 19.4 Å². The summed E-state index contributed by atoms with van der Waals surface area (Å²) in [7, 11) is 0. The van der Waals surface area contributed by atoms with Crippen molar-refractivity contribution in [2.75, 3.05) is 153 Å². The van der Waals surface area contributed by atoms with Crippen molar-refractivity contribution < 1.29 is 0 Å². The van der Waals surface area contributed by atoms with Gasteiger partial charge in [-0.2, -0.15) is 0 Å². The Labute approximate surface area is 369 Å². The summed E-state index contributed by atoms with van der Waals surface area (Å²) in [6.45, 7) is 22.0. The van der Waals surface area contributed by atoms with Gasteiger partial charge in [0.15, 0.2) is 0 Å². The molecule has 0 atom stereocenters. The minimum Gasteiger partial charge on any atom is -0.301 e. The molecule has 42 heavy (non-hydrogen) atoms. The number of unbranched alkanes of at least 4 members (excludes halogenated alkanes) is 1. The van der Waals surface area contributed by atoms with Gasteiger partial charge in [0, 0.05) is 140 Å². The molecule has 0 aromatic heterocycles. The lowest BCUT2D eigenvalue weighted by Gasteiger charge is -2.31. The van der Waals surface area contributed by atoms with E-state index in [0.717, 1.165) is 0 Å². The molecule has 0 bridgehead atoms. The molecule has 14 heteroatoms. The maximum Gasteiger partial charge on any atom is 0.0123 e. The fourth-order valence-electron chi connectivity index (χ4n) is 4.77. The van der Waals surface area contributed by atoms with Crippen LogP contribution in [0.15, 0.2) is 0 Å². The minimum atomic E-state index is 1.21. The highest BCUT2D eigenvalue weighted by molar-refractivity contribution is 14.1. The van der Waals surface area contributed by atoms with Crippen molar-refractivity contribution in [3.8, 4) is 0 Å². The van der Waals surface area contributed by atoms with E-state index in [1.54, 1.807) is 0 Å². The van der Waals surface area contributed by atoms with E-state index in [1.807, 2.05) is 0 Å². The maximum absolute atomic E-state index is 2.79. The highest BCUT2D eigenvalue weighted by Crippen LogP contribution is 2.05. The van der Waals surface area contributed by atoms with Gasteiger partial charge in [-0.15, -0.1) is 0 Å². The second kappa shape index (κ2) is 36.4. The van der Waals surface area contributed by atoms with Gasteiger partial charge in [0.05, 0.1) is 0 Å². The number of rotatable bonds is 33. The molecule has 254 valence electrons. The summed E-state index contributed by atoms with van der Waals surface area (Å²) in [5.41, 5.74) is 0. The molecule has 0 unspecified atom stereocenters. The highest BCUT2D eigenvalue weighted by Gasteiger charge is 2.14. The summed E-state index contributed by atoms with van der Waals surface area (Å²) in [4.78, 5) is 16.3. The third-order valence-corrected chi connectivity index (χ3v) is 11.2. The van der Waals surface area contributed by atoms with Crippen molar-refractivity contribution >= 4 is 181 Å². The molecule has 0 rings (SSSR count). The monoisotopic (exact) mass is 1490 g/mol. The second-order valence-corrected chi connectivity index (χ2v) is 18.9. The zero-order valence-electron chi connectivity index (χ0n) is 25.5. The second-order valence-electron chi connectivity index (χ2n) is 10.3. The molecule has 0 spiro atoms. The summed E-state index contributed by atoms with van der Waals surface area (Å²) < 4.78 is 9.81. The van der Waals surface area contributed by atoms with Crippen LogP contribution in [0.5, 0.6) is 0 Å². The third kappa shape index (κ3) is 28.3. The van der Waals surface area contributed by atoms with Crippen LogP contribution in [0, 0.1) is 0 Å². The fraction of sp³-hybridized carbons (Fsp3) is 1.00. The first-order valence-corrected chi connectivity index (χ1v) is 27.5. The predicted octanol–water partition coefficient (Wildman–Crippen LogP) is 7.06. The summed E-state index contributed by atoms with van der Waals surface area (Å²) in [5, 5.41) is 0. The number of nitrogens with zero attached hydrogens (tertiary/aromatic N) is 6. The van der Waals surface area contributed by atoms with Crippen LogP contribution in [-0.4, -0.2) is 183 Å². The van der Waals surface area contributed by atoms with E-state index >= 15 is 0 Å². The first-order chi connectivity index (χ1) is 20.5. The smallest absolute Gasteiger partial charge is 0.0123 e. The molecule has 0 radical (unpaired) electrons. The Balaban J connectivity index is 5.16. The van der Waals surface area contributed by atoms with Crippen molar-refractivity contribution in [3.63, 3.8) is 0 Å². The van der Waals surface area contributed by atoms with Crippen molar-refractivity contribution in [2.24, 2.45) is 0 Å². The van der Waals surface area contributed by atoms with Gasteiger partial charge in [0.1, 0.15) is 0 Å². The van der Waals surface area contributed by atoms with Gasteiger partial charge in [-0.3, -0.25) is 0 Å². The molecule has 0 aliphatic carbocycles. The van der Waals surface area contributed by atoms with Crippen LogP contribution in [0.25, 0.3) is 0 Å². The SMILES string of the molecule is ICCN(CCI)CCN(CCCCN(CCN(CCI)CCI)CCN(CCI)CCI)CCN(CCI)CCI. The van der Waals surface area contributed by atoms with E-state index < -0.39 is 0 Å². The quantitative estimate of drug-likeness (QED) is 0.0396. The van der Waals surface area contributed by atoms with Gasteiger partial charge in [-0.25, -0.2) is 0 Å². The average molecular weight is 1490 g/mol. The van der Waals surface area contributed by atoms with Crippen LogP contribution in [0.1, 0.15) is 12.8 Å². The summed E-state index contributed by atoms with van der Waals surface area (Å²) in [6, 6.07) is 0. The molecule has 0 aromatic carbocycles. The van der Waals surface area contributed by atoms with Crippen LogP contribution in [0.4, 0.5) is 0 Å². The van der Waals surface area contributed by atoms with E-state index in [9.17, 15) is 0 Å². The van der Waals surface area contributed by atoms with Crippen LogP contribution < -0.4 is 0 Å². The fourth-order valence-corrected chi connectivity index (χ4v) is 10.2. The number of hydrogen-bond acceptors (Lipinski definition) is 6. The van der Waals surface area contributed by atoms with Gasteiger partial charge in [0.2, 0.25) is 0 Å². The average Bonchev–Trinajstić information content (AvgIpc) is 2.97. The Hall–Kier alpha value is 5.60. The molecule has 0 heterocycles. The lowest BCUT2D eigenvalue weighted by atomic mass is 10.2. The Morgan fingerprint density at radius 1 is 0.190 bits per heavy atom.